The van der Waals surface area contributed by atoms with Crippen LogP contribution in [-0.2, 0) is 21.5 Å². The molecule has 7 heteroatoms. The van der Waals surface area contributed by atoms with Crippen LogP contribution in [0.5, 0.6) is 5.75 Å². The monoisotopic (exact) mass is 418 g/mol. The van der Waals surface area contributed by atoms with Crippen molar-refractivity contribution in [2.24, 2.45) is 0 Å². The van der Waals surface area contributed by atoms with Gasteiger partial charge >= 0.3 is 10.1 Å². The number of amides is 1. The van der Waals surface area contributed by atoms with Gasteiger partial charge in [0.05, 0.1) is 0 Å². The van der Waals surface area contributed by atoms with Gasteiger partial charge in [-0.2, -0.15) is 13.7 Å². The van der Waals surface area contributed by atoms with E-state index >= 15 is 0 Å². The Bertz CT molecular complexity index is 1200. The number of carbonyl (C=O) groups excluding carboxylic acids is 1. The van der Waals surface area contributed by atoms with Gasteiger partial charge < -0.3 is 9.50 Å². The molecule has 0 aliphatic carbocycles. The molecule has 0 aliphatic rings. The highest BCUT2D eigenvalue weighted by Gasteiger charge is 2.18. The summed E-state index contributed by atoms with van der Waals surface area (Å²) in [4.78, 5) is 12.4. The summed E-state index contributed by atoms with van der Waals surface area (Å²) in [6.07, 6.45) is 1.30. The number of para-hydroxylation sites is 1. The first-order chi connectivity index (χ1) is 14.5. The fourth-order valence-corrected chi connectivity index (χ4v) is 3.58. The highest BCUT2D eigenvalue weighted by atomic mass is 32.2. The van der Waals surface area contributed by atoms with Crippen LogP contribution < -0.4 is 9.50 Å². The Morgan fingerprint density at radius 3 is 2.20 bits per heavy atom. The molecule has 0 aromatic heterocycles. The summed E-state index contributed by atoms with van der Waals surface area (Å²) in [5, 5.41) is 12.1. The lowest BCUT2D eigenvalue weighted by Crippen LogP contribution is -2.23. The molecule has 0 spiro atoms. The smallest absolute Gasteiger partial charge is 0.339 e. The van der Waals surface area contributed by atoms with Crippen LogP contribution in [0.4, 0.5) is 0 Å². The summed E-state index contributed by atoms with van der Waals surface area (Å²) in [6, 6.07) is 25.1. The van der Waals surface area contributed by atoms with Crippen molar-refractivity contribution in [3.63, 3.8) is 0 Å². The van der Waals surface area contributed by atoms with Crippen LogP contribution in [0.2, 0.25) is 0 Å². The van der Waals surface area contributed by atoms with Gasteiger partial charge in [-0.1, -0.05) is 66.7 Å². The summed E-state index contributed by atoms with van der Waals surface area (Å²) >= 11 is 0. The van der Waals surface area contributed by atoms with Crippen LogP contribution in [0.1, 0.15) is 11.1 Å². The molecular formula is C23H18N2O4S. The lowest BCUT2D eigenvalue weighted by molar-refractivity contribution is -0.117. The molecule has 0 saturated heterocycles. The van der Waals surface area contributed by atoms with E-state index in [9.17, 15) is 18.5 Å². The highest BCUT2D eigenvalue weighted by molar-refractivity contribution is 7.87. The number of hydrogen-bond acceptors (Lipinski definition) is 5. The van der Waals surface area contributed by atoms with Crippen molar-refractivity contribution < 1.29 is 17.4 Å². The standard InChI is InChI=1S/C23H18N2O4S/c24-16-20(23(26)25-17-18-9-3-1-4-10-18)15-19-11-7-8-14-22(19)29-30(27,28)21-12-5-2-6-13-21/h1-15H,17H2,(H,25,26)/b20-15+. The van der Waals surface area contributed by atoms with Gasteiger partial charge in [0.1, 0.15) is 22.3 Å². The molecular weight excluding hydrogens is 400 g/mol. The van der Waals surface area contributed by atoms with E-state index in [1.165, 1.54) is 24.3 Å². The largest absolute Gasteiger partial charge is 0.378 e. The van der Waals surface area contributed by atoms with Crippen molar-refractivity contribution in [2.45, 2.75) is 11.4 Å². The minimum Gasteiger partial charge on any atom is -0.378 e. The van der Waals surface area contributed by atoms with Crippen LogP contribution in [0, 0.1) is 11.3 Å². The number of rotatable bonds is 7. The van der Waals surface area contributed by atoms with Gasteiger partial charge in [0.25, 0.3) is 5.91 Å². The zero-order chi connectivity index (χ0) is 21.4. The summed E-state index contributed by atoms with van der Waals surface area (Å²) < 4.78 is 30.3. The van der Waals surface area contributed by atoms with Gasteiger partial charge in [0.2, 0.25) is 0 Å². The maximum Gasteiger partial charge on any atom is 0.339 e. The third kappa shape index (κ3) is 5.34. The van der Waals surface area contributed by atoms with Gasteiger partial charge in [0, 0.05) is 12.1 Å². The van der Waals surface area contributed by atoms with Crippen LogP contribution >= 0.6 is 0 Å². The topological polar surface area (TPSA) is 96.3 Å². The fourth-order valence-electron chi connectivity index (χ4n) is 2.61. The molecule has 150 valence electrons. The molecule has 1 amide bonds. The van der Waals surface area contributed by atoms with E-state index in [1.54, 1.807) is 36.4 Å². The first kappa shape index (κ1) is 20.8. The molecule has 0 fully saturated rings. The number of carbonyl (C=O) groups is 1. The van der Waals surface area contributed by atoms with E-state index in [2.05, 4.69) is 5.32 Å². The van der Waals surface area contributed by atoms with Crippen LogP contribution in [0.3, 0.4) is 0 Å². The Balaban J connectivity index is 1.82. The normalized spacial score (nSPS) is 11.4. The molecule has 0 heterocycles. The molecule has 0 atom stereocenters. The Morgan fingerprint density at radius 2 is 1.53 bits per heavy atom. The molecule has 0 unspecified atom stereocenters. The average molecular weight is 418 g/mol. The third-order valence-electron chi connectivity index (χ3n) is 4.11. The van der Waals surface area contributed by atoms with Crippen LogP contribution in [0.25, 0.3) is 6.08 Å². The first-order valence-electron chi connectivity index (χ1n) is 9.02. The van der Waals surface area contributed by atoms with Crippen LogP contribution in [0.15, 0.2) is 95.4 Å². The van der Waals surface area contributed by atoms with E-state index in [0.29, 0.717) is 5.56 Å². The third-order valence-corrected chi connectivity index (χ3v) is 5.36. The number of nitriles is 1. The first-order valence-corrected chi connectivity index (χ1v) is 10.4. The van der Waals surface area contributed by atoms with Gasteiger partial charge in [0.15, 0.2) is 0 Å². The van der Waals surface area contributed by atoms with Gasteiger partial charge in [-0.15, -0.1) is 0 Å². The molecule has 3 aromatic carbocycles. The van der Waals surface area contributed by atoms with Crippen molar-refractivity contribution in [3.8, 4) is 11.8 Å². The maximum absolute atomic E-state index is 12.5. The second-order valence-electron chi connectivity index (χ2n) is 6.23. The molecule has 3 rings (SSSR count). The predicted molar refractivity (Wildman–Crippen MR) is 113 cm³/mol. The summed E-state index contributed by atoms with van der Waals surface area (Å²) in [5.41, 5.74) is 1.02. The van der Waals surface area contributed by atoms with Crippen molar-refractivity contribution in [1.82, 2.24) is 5.32 Å². The van der Waals surface area contributed by atoms with E-state index in [-0.39, 0.29) is 22.8 Å². The Morgan fingerprint density at radius 1 is 0.933 bits per heavy atom. The Kier molecular flexibility index (Phi) is 6.63. The fraction of sp³-hybridized carbons (Fsp3) is 0.0435. The van der Waals surface area contributed by atoms with E-state index in [4.69, 9.17) is 4.18 Å². The molecule has 3 aromatic rings. The Hall–Kier alpha value is -3.89. The zero-order valence-corrected chi connectivity index (χ0v) is 16.7. The number of nitrogens with one attached hydrogen (secondary N) is 1. The molecule has 0 aliphatic heterocycles. The van der Waals surface area contributed by atoms with Crippen molar-refractivity contribution >= 4 is 22.1 Å². The summed E-state index contributed by atoms with van der Waals surface area (Å²) in [5.74, 6) is -0.549. The Labute approximate surface area is 175 Å². The minimum atomic E-state index is -4.06. The zero-order valence-electron chi connectivity index (χ0n) is 15.9. The van der Waals surface area contributed by atoms with E-state index < -0.39 is 16.0 Å². The lowest BCUT2D eigenvalue weighted by atomic mass is 10.1. The quantitative estimate of drug-likeness (QED) is 0.359. The lowest BCUT2D eigenvalue weighted by Gasteiger charge is -2.10. The van der Waals surface area contributed by atoms with Crippen molar-refractivity contribution in [1.29, 1.82) is 5.26 Å². The number of hydrogen-bond donors (Lipinski definition) is 1. The molecule has 0 bridgehead atoms. The number of benzene rings is 3. The highest BCUT2D eigenvalue weighted by Crippen LogP contribution is 2.25. The van der Waals surface area contributed by atoms with Gasteiger partial charge in [-0.05, 0) is 29.8 Å². The van der Waals surface area contributed by atoms with Gasteiger partial charge in [-0.3, -0.25) is 4.79 Å². The predicted octanol–water partition coefficient (Wildman–Crippen LogP) is 3.68. The molecule has 1 N–H and O–H groups in total. The molecule has 0 radical (unpaired) electrons. The minimum absolute atomic E-state index is 0.00453. The SMILES string of the molecule is N#C/C(=C\c1ccccc1OS(=O)(=O)c1ccccc1)C(=O)NCc1ccccc1. The maximum atomic E-state index is 12.5. The molecule has 6 nitrogen and oxygen atoms in total. The second-order valence-corrected chi connectivity index (χ2v) is 7.77. The van der Waals surface area contributed by atoms with Crippen molar-refractivity contribution in [3.05, 3.63) is 102 Å². The summed E-state index contributed by atoms with van der Waals surface area (Å²) in [7, 11) is -4.06. The summed E-state index contributed by atoms with van der Waals surface area (Å²) in [6.45, 7) is 0.263. The van der Waals surface area contributed by atoms with Crippen molar-refractivity contribution in [2.75, 3.05) is 0 Å². The molecule has 30 heavy (non-hydrogen) atoms. The molecule has 0 saturated carbocycles. The average Bonchev–Trinajstić information content (AvgIpc) is 2.78. The second kappa shape index (κ2) is 9.54. The number of nitrogens with zero attached hydrogens (tertiary/aromatic N) is 1. The van der Waals surface area contributed by atoms with E-state index in [1.807, 2.05) is 36.4 Å². The van der Waals surface area contributed by atoms with E-state index in [0.717, 1.165) is 5.56 Å². The van der Waals surface area contributed by atoms with Crippen LogP contribution in [-0.4, -0.2) is 14.3 Å². The van der Waals surface area contributed by atoms with Gasteiger partial charge in [-0.25, -0.2) is 0 Å².